The summed E-state index contributed by atoms with van der Waals surface area (Å²) in [6, 6.07) is 6.67. The van der Waals surface area contributed by atoms with Crippen LogP contribution in [0.5, 0.6) is 0 Å². The maximum atomic E-state index is 12.3. The van der Waals surface area contributed by atoms with Gasteiger partial charge in [0.2, 0.25) is 0 Å². The van der Waals surface area contributed by atoms with Crippen LogP contribution in [-0.2, 0) is 6.42 Å². The number of nitrogens with one attached hydrogen (secondary N) is 1. The van der Waals surface area contributed by atoms with E-state index in [0.717, 1.165) is 18.4 Å². The van der Waals surface area contributed by atoms with E-state index >= 15 is 0 Å². The average Bonchev–Trinajstić information content (AvgIpc) is 2.40. The van der Waals surface area contributed by atoms with Crippen LogP contribution >= 0.6 is 0 Å². The van der Waals surface area contributed by atoms with Gasteiger partial charge in [0.15, 0.2) is 0 Å². The number of benzene rings is 1. The molecule has 1 rings (SSSR count). The molecule has 0 fully saturated rings. The Balaban J connectivity index is 0.000000331. The molecule has 1 N–H and O–H groups in total. The lowest BCUT2D eigenvalue weighted by atomic mass is 10.1. The Bertz CT molecular complexity index is 423. The molecule has 0 aliphatic rings. The fraction of sp³-hybridized carbons (Fsp3) is 0.250. The van der Waals surface area contributed by atoms with Gasteiger partial charge in [-0.2, -0.15) is 0 Å². The van der Waals surface area contributed by atoms with E-state index < -0.39 is 0 Å². The molecule has 0 amide bonds. The molecule has 0 heterocycles. The second-order valence-electron chi connectivity index (χ2n) is 3.66. The summed E-state index contributed by atoms with van der Waals surface area (Å²) in [6.45, 7) is 7.36. The summed E-state index contributed by atoms with van der Waals surface area (Å²) in [5, 5.41) is 6.77. The van der Waals surface area contributed by atoms with Crippen LogP contribution in [-0.4, -0.2) is 6.21 Å². The van der Waals surface area contributed by atoms with Gasteiger partial charge >= 0.3 is 0 Å². The third-order valence-corrected chi connectivity index (χ3v) is 2.22. The summed E-state index contributed by atoms with van der Waals surface area (Å²) in [6.07, 6.45) is 6.91. The van der Waals surface area contributed by atoms with Crippen molar-refractivity contribution in [3.05, 3.63) is 65.7 Å². The van der Waals surface area contributed by atoms with Crippen LogP contribution in [0.2, 0.25) is 0 Å². The molecule has 0 spiro atoms. The molecule has 0 aliphatic carbocycles. The van der Waals surface area contributed by atoms with Crippen LogP contribution in [0.25, 0.3) is 0 Å². The molecule has 0 radical (unpaired) electrons. The molecule has 1 aromatic carbocycles. The molecule has 0 atom stereocenters. The van der Waals surface area contributed by atoms with Crippen molar-refractivity contribution in [2.75, 3.05) is 0 Å². The van der Waals surface area contributed by atoms with Crippen molar-refractivity contribution in [2.24, 2.45) is 0 Å². The Morgan fingerprint density at radius 1 is 1.39 bits per heavy atom. The first kappa shape index (κ1) is 16.1. The van der Waals surface area contributed by atoms with E-state index in [2.05, 4.69) is 19.2 Å². The van der Waals surface area contributed by atoms with Gasteiger partial charge in [-0.25, -0.2) is 4.39 Å². The quantitative estimate of drug-likeness (QED) is 0.451. The molecule has 0 unspecified atom stereocenters. The molecule has 1 aromatic rings. The van der Waals surface area contributed by atoms with Gasteiger partial charge in [0.25, 0.3) is 0 Å². The van der Waals surface area contributed by atoms with E-state index in [1.165, 1.54) is 23.9 Å². The zero-order valence-corrected chi connectivity index (χ0v) is 11.0. The molecule has 0 aliphatic heterocycles. The van der Waals surface area contributed by atoms with Gasteiger partial charge in [0.05, 0.1) is 0 Å². The van der Waals surface area contributed by atoms with Crippen molar-refractivity contribution in [2.45, 2.75) is 26.7 Å². The second-order valence-corrected chi connectivity index (χ2v) is 3.66. The fourth-order valence-electron chi connectivity index (χ4n) is 1.27. The van der Waals surface area contributed by atoms with Gasteiger partial charge in [0, 0.05) is 6.21 Å². The first-order chi connectivity index (χ1) is 8.67. The Morgan fingerprint density at radius 3 is 2.33 bits per heavy atom. The smallest absolute Gasteiger partial charge is 0.123 e. The Morgan fingerprint density at radius 2 is 2.00 bits per heavy atom. The van der Waals surface area contributed by atoms with Gasteiger partial charge < -0.3 is 5.41 Å². The molecule has 0 saturated carbocycles. The summed E-state index contributed by atoms with van der Waals surface area (Å²) < 4.78 is 12.3. The van der Waals surface area contributed by atoms with E-state index in [-0.39, 0.29) is 5.82 Å². The van der Waals surface area contributed by atoms with Crippen molar-refractivity contribution in [3.8, 4) is 0 Å². The van der Waals surface area contributed by atoms with Crippen molar-refractivity contribution in [3.63, 3.8) is 0 Å². The SMILES string of the molecule is C=C=C/C(C=N)=C/C.CCCc1ccc(F)cc1. The molecular formula is C16H20FN. The minimum atomic E-state index is -0.153. The zero-order valence-electron chi connectivity index (χ0n) is 11.0. The maximum absolute atomic E-state index is 12.3. The lowest BCUT2D eigenvalue weighted by Crippen LogP contribution is -1.81. The normalized spacial score (nSPS) is 9.83. The maximum Gasteiger partial charge on any atom is 0.123 e. The van der Waals surface area contributed by atoms with Crippen LogP contribution < -0.4 is 0 Å². The number of hydrogen-bond acceptors (Lipinski definition) is 1. The minimum Gasteiger partial charge on any atom is -0.308 e. The van der Waals surface area contributed by atoms with E-state index in [4.69, 9.17) is 5.41 Å². The standard InChI is InChI=1S/C9H11F.C7H9N/c1-2-3-8-4-6-9(10)7-5-8;1-3-5-7(4-2)6-8/h4-7H,2-3H2,1H3;4-6,8H,1H2,2H3/b;7-4-,8-6?. The van der Waals surface area contributed by atoms with E-state index in [0.29, 0.717) is 0 Å². The summed E-state index contributed by atoms with van der Waals surface area (Å²) >= 11 is 0. The van der Waals surface area contributed by atoms with Crippen molar-refractivity contribution in [1.29, 1.82) is 5.41 Å². The Labute approximate surface area is 109 Å². The molecule has 0 saturated heterocycles. The monoisotopic (exact) mass is 245 g/mol. The Hall–Kier alpha value is -1.92. The van der Waals surface area contributed by atoms with Gasteiger partial charge in [0.1, 0.15) is 5.82 Å². The van der Waals surface area contributed by atoms with Gasteiger partial charge in [-0.1, -0.05) is 38.1 Å². The summed E-state index contributed by atoms with van der Waals surface area (Å²) in [5.74, 6) is -0.153. The predicted octanol–water partition coefficient (Wildman–Crippen LogP) is 4.70. The highest BCUT2D eigenvalue weighted by Gasteiger charge is 1.90. The van der Waals surface area contributed by atoms with E-state index in [1.807, 2.05) is 25.1 Å². The molecule has 1 nitrogen and oxygen atoms in total. The van der Waals surface area contributed by atoms with Gasteiger partial charge in [-0.15, -0.1) is 5.73 Å². The molecular weight excluding hydrogens is 225 g/mol. The Kier molecular flexibility index (Phi) is 9.15. The van der Waals surface area contributed by atoms with Crippen LogP contribution in [0, 0.1) is 11.2 Å². The third-order valence-electron chi connectivity index (χ3n) is 2.22. The lowest BCUT2D eigenvalue weighted by Gasteiger charge is -1.95. The highest BCUT2D eigenvalue weighted by Crippen LogP contribution is 2.04. The fourth-order valence-corrected chi connectivity index (χ4v) is 1.27. The number of allylic oxidation sites excluding steroid dienone is 3. The van der Waals surface area contributed by atoms with Crippen molar-refractivity contribution in [1.82, 2.24) is 0 Å². The molecule has 0 bridgehead atoms. The zero-order chi connectivity index (χ0) is 13.8. The molecule has 2 heteroatoms. The number of halogens is 1. The largest absolute Gasteiger partial charge is 0.308 e. The predicted molar refractivity (Wildman–Crippen MR) is 76.6 cm³/mol. The van der Waals surface area contributed by atoms with Gasteiger partial charge in [-0.05, 0) is 42.7 Å². The van der Waals surface area contributed by atoms with Crippen molar-refractivity contribution >= 4 is 6.21 Å². The molecule has 0 aromatic heterocycles. The topological polar surface area (TPSA) is 23.9 Å². The van der Waals surface area contributed by atoms with Crippen LogP contribution in [0.1, 0.15) is 25.8 Å². The minimum absolute atomic E-state index is 0.153. The summed E-state index contributed by atoms with van der Waals surface area (Å²) in [7, 11) is 0. The average molecular weight is 245 g/mol. The number of hydrogen-bond donors (Lipinski definition) is 1. The highest BCUT2D eigenvalue weighted by atomic mass is 19.1. The van der Waals surface area contributed by atoms with Crippen LogP contribution in [0.3, 0.4) is 0 Å². The lowest BCUT2D eigenvalue weighted by molar-refractivity contribution is 0.627. The first-order valence-electron chi connectivity index (χ1n) is 5.95. The van der Waals surface area contributed by atoms with Crippen LogP contribution in [0.4, 0.5) is 4.39 Å². The van der Waals surface area contributed by atoms with E-state index in [1.54, 1.807) is 6.08 Å². The highest BCUT2D eigenvalue weighted by molar-refractivity contribution is 5.79. The molecule has 96 valence electrons. The van der Waals surface area contributed by atoms with Crippen molar-refractivity contribution < 1.29 is 4.39 Å². The van der Waals surface area contributed by atoms with E-state index in [9.17, 15) is 4.39 Å². The summed E-state index contributed by atoms with van der Waals surface area (Å²) in [5.41, 5.74) is 4.62. The second kappa shape index (κ2) is 10.2. The van der Waals surface area contributed by atoms with Gasteiger partial charge in [-0.3, -0.25) is 0 Å². The summed E-state index contributed by atoms with van der Waals surface area (Å²) in [4.78, 5) is 0. The first-order valence-corrected chi connectivity index (χ1v) is 5.95. The van der Waals surface area contributed by atoms with Crippen LogP contribution in [0.15, 0.2) is 54.3 Å². The third kappa shape index (κ3) is 7.37. The number of rotatable bonds is 4. The molecule has 18 heavy (non-hydrogen) atoms. The number of aryl methyl sites for hydroxylation is 1.